The number of carbonyl (C=O) groups is 1. The average molecular weight is 683 g/mol. The molecule has 5 rings (SSSR count). The van der Waals surface area contributed by atoms with Crippen LogP contribution in [-0.2, 0) is 17.8 Å². The van der Waals surface area contributed by atoms with Gasteiger partial charge in [0.15, 0.2) is 5.58 Å². The van der Waals surface area contributed by atoms with Crippen LogP contribution in [0.15, 0.2) is 27.5 Å². The maximum Gasteiger partial charge on any atom is 0.303 e. The summed E-state index contributed by atoms with van der Waals surface area (Å²) in [6.07, 6.45) is 20.6. The maximum atomic E-state index is 13.4. The lowest BCUT2D eigenvalue weighted by Gasteiger charge is -2.31. The SMILES string of the molecule is CCCCCCCCCCCCCCCC(=O)O.Cc1nc2n(c(=O)c1CCN1CCC(c3noc4cc(F)ccc34)CC1)CCCC2O. The van der Waals surface area contributed by atoms with E-state index in [9.17, 15) is 19.1 Å². The van der Waals surface area contributed by atoms with E-state index in [4.69, 9.17) is 9.63 Å². The van der Waals surface area contributed by atoms with Gasteiger partial charge in [0.2, 0.25) is 0 Å². The number of aryl methyl sites for hydroxylation is 1. The van der Waals surface area contributed by atoms with Gasteiger partial charge in [0.05, 0.1) is 5.69 Å². The van der Waals surface area contributed by atoms with Gasteiger partial charge in [-0.25, -0.2) is 9.37 Å². The molecule has 0 radical (unpaired) electrons. The topological polar surface area (TPSA) is 122 Å². The number of likely N-dealkylation sites (tertiary alicyclic amines) is 1. The van der Waals surface area contributed by atoms with Crippen molar-refractivity contribution in [3.05, 3.63) is 57.1 Å². The molecule has 49 heavy (non-hydrogen) atoms. The predicted octanol–water partition coefficient (Wildman–Crippen LogP) is 8.63. The number of piperidine rings is 1. The number of halogens is 1. The van der Waals surface area contributed by atoms with Gasteiger partial charge in [-0.3, -0.25) is 14.2 Å². The van der Waals surface area contributed by atoms with Gasteiger partial charge in [0.1, 0.15) is 17.7 Å². The second kappa shape index (κ2) is 20.5. The second-order valence-corrected chi connectivity index (χ2v) is 14.1. The third-order valence-electron chi connectivity index (χ3n) is 10.3. The summed E-state index contributed by atoms with van der Waals surface area (Å²) in [5, 5.41) is 23.8. The molecule has 10 heteroatoms. The van der Waals surface area contributed by atoms with E-state index < -0.39 is 12.1 Å². The van der Waals surface area contributed by atoms with Crippen molar-refractivity contribution in [2.45, 2.75) is 154 Å². The number of carboxylic acids is 1. The van der Waals surface area contributed by atoms with Crippen molar-refractivity contribution >= 4 is 16.9 Å². The highest BCUT2D eigenvalue weighted by Crippen LogP contribution is 2.33. The number of aliphatic carboxylic acids is 1. The molecule has 0 bridgehead atoms. The van der Waals surface area contributed by atoms with E-state index in [1.54, 1.807) is 10.6 Å². The van der Waals surface area contributed by atoms with Crippen LogP contribution < -0.4 is 5.56 Å². The van der Waals surface area contributed by atoms with E-state index >= 15 is 0 Å². The molecule has 0 aliphatic carbocycles. The molecule has 0 spiro atoms. The molecular formula is C39H59FN4O5. The third kappa shape index (κ3) is 12.0. The molecule has 1 saturated heterocycles. The zero-order chi connectivity index (χ0) is 35.0. The minimum absolute atomic E-state index is 0.00237. The number of hydrogen-bond donors (Lipinski definition) is 2. The van der Waals surface area contributed by atoms with Crippen molar-refractivity contribution in [1.82, 2.24) is 19.6 Å². The summed E-state index contributed by atoms with van der Waals surface area (Å²) in [4.78, 5) is 30.2. The fourth-order valence-electron chi connectivity index (χ4n) is 7.27. The highest BCUT2D eigenvalue weighted by atomic mass is 19.1. The summed E-state index contributed by atoms with van der Waals surface area (Å²) < 4.78 is 20.4. The van der Waals surface area contributed by atoms with Gasteiger partial charge in [-0.05, 0) is 70.7 Å². The lowest BCUT2D eigenvalue weighted by Crippen LogP contribution is -2.37. The Labute approximate surface area is 291 Å². The van der Waals surface area contributed by atoms with Crippen molar-refractivity contribution in [3.8, 4) is 0 Å². The second-order valence-electron chi connectivity index (χ2n) is 14.1. The van der Waals surface area contributed by atoms with E-state index in [0.29, 0.717) is 43.1 Å². The van der Waals surface area contributed by atoms with Gasteiger partial charge in [-0.1, -0.05) is 89.1 Å². The van der Waals surface area contributed by atoms with Crippen molar-refractivity contribution in [2.24, 2.45) is 0 Å². The van der Waals surface area contributed by atoms with Crippen LogP contribution in [0.1, 0.15) is 157 Å². The summed E-state index contributed by atoms with van der Waals surface area (Å²) in [5.74, 6) is -0.166. The first kappa shape index (κ1) is 38.7. The van der Waals surface area contributed by atoms with E-state index in [2.05, 4.69) is 22.0 Å². The van der Waals surface area contributed by atoms with Gasteiger partial charge >= 0.3 is 5.97 Å². The summed E-state index contributed by atoms with van der Waals surface area (Å²) in [6, 6.07) is 4.58. The molecule has 0 amide bonds. The van der Waals surface area contributed by atoms with Crippen LogP contribution >= 0.6 is 0 Å². The molecule has 4 heterocycles. The molecule has 2 aliphatic heterocycles. The smallest absolute Gasteiger partial charge is 0.303 e. The van der Waals surface area contributed by atoms with Gasteiger partial charge in [-0.2, -0.15) is 0 Å². The highest BCUT2D eigenvalue weighted by Gasteiger charge is 2.27. The summed E-state index contributed by atoms with van der Waals surface area (Å²) in [5.41, 5.74) is 2.90. The van der Waals surface area contributed by atoms with Gasteiger partial charge in [-0.15, -0.1) is 0 Å². The Bertz CT molecular complexity index is 1500. The first-order valence-electron chi connectivity index (χ1n) is 19.1. The molecule has 0 saturated carbocycles. The first-order valence-corrected chi connectivity index (χ1v) is 19.1. The monoisotopic (exact) mass is 682 g/mol. The minimum atomic E-state index is -0.655. The molecule has 9 nitrogen and oxygen atoms in total. The molecule has 2 N–H and O–H groups in total. The zero-order valence-electron chi connectivity index (χ0n) is 29.9. The van der Waals surface area contributed by atoms with Crippen LogP contribution in [0.2, 0.25) is 0 Å². The van der Waals surface area contributed by atoms with E-state index in [0.717, 1.165) is 74.1 Å². The molecular weight excluding hydrogens is 623 g/mol. The molecule has 3 aromatic rings. The van der Waals surface area contributed by atoms with Crippen LogP contribution in [0.4, 0.5) is 4.39 Å². The molecule has 1 aromatic carbocycles. The summed E-state index contributed by atoms with van der Waals surface area (Å²) >= 11 is 0. The Hall–Kier alpha value is -3.11. The van der Waals surface area contributed by atoms with E-state index in [1.165, 1.54) is 82.8 Å². The third-order valence-corrected chi connectivity index (χ3v) is 10.3. The van der Waals surface area contributed by atoms with Gasteiger partial charge in [0.25, 0.3) is 5.56 Å². The van der Waals surface area contributed by atoms with Crippen LogP contribution in [0.5, 0.6) is 0 Å². The average Bonchev–Trinajstić information content (AvgIpc) is 3.51. The largest absolute Gasteiger partial charge is 0.481 e. The number of hydrogen-bond acceptors (Lipinski definition) is 7. The Morgan fingerprint density at radius 3 is 2.20 bits per heavy atom. The highest BCUT2D eigenvalue weighted by molar-refractivity contribution is 5.79. The quantitative estimate of drug-likeness (QED) is 0.128. The Kier molecular flexibility index (Phi) is 16.2. The molecule has 1 atom stereocenters. The van der Waals surface area contributed by atoms with Gasteiger partial charge in [0, 0.05) is 48.1 Å². The van der Waals surface area contributed by atoms with Crippen LogP contribution in [0, 0.1) is 12.7 Å². The molecule has 272 valence electrons. The fraction of sp³-hybridized carbons (Fsp3) is 0.692. The lowest BCUT2D eigenvalue weighted by atomic mass is 9.91. The molecule has 2 aliphatic rings. The number of carboxylic acid groups (broad SMARTS) is 1. The minimum Gasteiger partial charge on any atom is -0.481 e. The van der Waals surface area contributed by atoms with Crippen LogP contribution in [-0.4, -0.2) is 55.4 Å². The summed E-state index contributed by atoms with van der Waals surface area (Å²) in [7, 11) is 0. The van der Waals surface area contributed by atoms with E-state index in [-0.39, 0.29) is 11.4 Å². The Balaban J connectivity index is 0.000000259. The number of unbranched alkanes of at least 4 members (excludes halogenated alkanes) is 12. The van der Waals surface area contributed by atoms with E-state index in [1.807, 2.05) is 6.92 Å². The molecule has 1 unspecified atom stereocenters. The number of fused-ring (bicyclic) bond motifs is 2. The standard InChI is InChI=1S/C23H27FN4O3.C16H32O2/c1-14-17(23(30)28-9-2-3-19(29)22(28)25-14)8-12-27-10-6-15(7-11-27)21-18-5-4-16(24)13-20(18)31-26-21;1-2-3-4-5-6-7-8-9-10-11-12-13-14-15-16(17)18/h4-5,13,15,19,29H,2-3,6-12H2,1H3;2-15H2,1H3,(H,17,18). The zero-order valence-corrected chi connectivity index (χ0v) is 29.9. The number of benzene rings is 1. The fourth-order valence-corrected chi connectivity index (χ4v) is 7.27. The van der Waals surface area contributed by atoms with Crippen LogP contribution in [0.25, 0.3) is 11.0 Å². The molecule has 2 aromatic heterocycles. The molecule has 1 fully saturated rings. The lowest BCUT2D eigenvalue weighted by molar-refractivity contribution is -0.137. The van der Waals surface area contributed by atoms with Crippen molar-refractivity contribution in [1.29, 1.82) is 0 Å². The normalized spacial score (nSPS) is 16.8. The summed E-state index contributed by atoms with van der Waals surface area (Å²) in [6.45, 7) is 7.39. The van der Waals surface area contributed by atoms with Gasteiger partial charge < -0.3 is 19.6 Å². The maximum absolute atomic E-state index is 13.4. The number of aromatic nitrogens is 3. The number of aliphatic hydroxyl groups is 1. The predicted molar refractivity (Wildman–Crippen MR) is 191 cm³/mol. The number of aliphatic hydroxyl groups excluding tert-OH is 1. The van der Waals surface area contributed by atoms with Crippen molar-refractivity contribution in [2.75, 3.05) is 19.6 Å². The number of nitrogens with zero attached hydrogens (tertiary/aromatic N) is 4. The Morgan fingerprint density at radius 1 is 0.939 bits per heavy atom. The first-order chi connectivity index (χ1) is 23.8. The van der Waals surface area contributed by atoms with Crippen molar-refractivity contribution < 1.29 is 23.9 Å². The Morgan fingerprint density at radius 2 is 1.57 bits per heavy atom. The van der Waals surface area contributed by atoms with Crippen molar-refractivity contribution in [3.63, 3.8) is 0 Å². The number of rotatable bonds is 18. The van der Waals surface area contributed by atoms with Crippen LogP contribution in [0.3, 0.4) is 0 Å².